The average Bonchev–Trinajstić information content (AvgIpc) is 2.87. The van der Waals surface area contributed by atoms with Crippen LogP contribution < -0.4 is 15.6 Å². The van der Waals surface area contributed by atoms with E-state index in [1.807, 2.05) is 0 Å². The standard InChI is InChI=1S/C21H20OSi/c1-16(2)22-23(17-10-4-3-5-11-17)20-14-8-6-12-18(20)19-13-7-9-15-21(19)23/h3-16H,1-2H3. The van der Waals surface area contributed by atoms with Crippen LogP contribution in [-0.2, 0) is 4.43 Å². The molecular formula is C21H20OSi. The second kappa shape index (κ2) is 5.48. The molecule has 0 aromatic heterocycles. The fourth-order valence-corrected chi connectivity index (χ4v) is 8.26. The number of rotatable bonds is 3. The first kappa shape index (κ1) is 14.4. The van der Waals surface area contributed by atoms with Crippen molar-refractivity contribution in [1.29, 1.82) is 0 Å². The zero-order valence-electron chi connectivity index (χ0n) is 13.5. The van der Waals surface area contributed by atoms with E-state index in [1.165, 1.54) is 26.7 Å². The van der Waals surface area contributed by atoms with Gasteiger partial charge in [0.2, 0.25) is 0 Å². The van der Waals surface area contributed by atoms with Crippen molar-refractivity contribution in [2.75, 3.05) is 0 Å². The highest BCUT2D eigenvalue weighted by Gasteiger charge is 2.49. The van der Waals surface area contributed by atoms with Crippen LogP contribution >= 0.6 is 0 Å². The lowest BCUT2D eigenvalue weighted by Crippen LogP contribution is -2.67. The third-order valence-electron chi connectivity index (χ3n) is 4.50. The Labute approximate surface area is 138 Å². The molecule has 0 aliphatic carbocycles. The normalized spacial score (nSPS) is 14.6. The number of hydrogen-bond donors (Lipinski definition) is 0. The van der Waals surface area contributed by atoms with Crippen LogP contribution in [0.3, 0.4) is 0 Å². The van der Waals surface area contributed by atoms with Crippen LogP contribution in [0.5, 0.6) is 0 Å². The largest absolute Gasteiger partial charge is 0.402 e. The van der Waals surface area contributed by atoms with Gasteiger partial charge in [-0.2, -0.15) is 0 Å². The van der Waals surface area contributed by atoms with E-state index in [2.05, 4.69) is 92.7 Å². The zero-order chi connectivity index (χ0) is 15.9. The van der Waals surface area contributed by atoms with Gasteiger partial charge >= 0.3 is 0 Å². The van der Waals surface area contributed by atoms with Crippen molar-refractivity contribution in [1.82, 2.24) is 0 Å². The number of hydrogen-bond acceptors (Lipinski definition) is 1. The predicted molar refractivity (Wildman–Crippen MR) is 99.2 cm³/mol. The summed E-state index contributed by atoms with van der Waals surface area (Å²) in [6.45, 7) is 4.28. The molecule has 1 heterocycles. The van der Waals surface area contributed by atoms with E-state index in [9.17, 15) is 0 Å². The van der Waals surface area contributed by atoms with Gasteiger partial charge in [0.25, 0.3) is 8.32 Å². The smallest absolute Gasteiger partial charge is 0.289 e. The molecule has 0 saturated carbocycles. The topological polar surface area (TPSA) is 9.23 Å². The molecule has 2 heteroatoms. The Bertz CT molecular complexity index is 794. The van der Waals surface area contributed by atoms with Gasteiger partial charge in [0.1, 0.15) is 0 Å². The average molecular weight is 316 g/mol. The second-order valence-electron chi connectivity index (χ2n) is 6.30. The molecule has 0 spiro atoms. The molecule has 1 aliphatic rings. The van der Waals surface area contributed by atoms with E-state index in [4.69, 9.17) is 4.43 Å². The highest BCUT2D eigenvalue weighted by Crippen LogP contribution is 2.29. The molecule has 0 radical (unpaired) electrons. The first-order chi connectivity index (χ1) is 11.2. The molecule has 0 N–H and O–H groups in total. The maximum Gasteiger partial charge on any atom is 0.289 e. The first-order valence-electron chi connectivity index (χ1n) is 8.16. The van der Waals surface area contributed by atoms with E-state index in [0.717, 1.165) is 0 Å². The molecule has 3 aromatic rings. The van der Waals surface area contributed by atoms with Crippen molar-refractivity contribution in [3.8, 4) is 11.1 Å². The highest BCUT2D eigenvalue weighted by molar-refractivity contribution is 7.10. The molecule has 114 valence electrons. The van der Waals surface area contributed by atoms with Gasteiger partial charge in [-0.1, -0.05) is 78.9 Å². The molecule has 1 nitrogen and oxygen atoms in total. The fourth-order valence-electron chi connectivity index (χ4n) is 3.73. The summed E-state index contributed by atoms with van der Waals surface area (Å²) in [5.41, 5.74) is 2.67. The van der Waals surface area contributed by atoms with Gasteiger partial charge in [0, 0.05) is 6.10 Å². The molecule has 0 amide bonds. The Morgan fingerprint density at radius 3 is 1.65 bits per heavy atom. The summed E-state index contributed by atoms with van der Waals surface area (Å²) >= 11 is 0. The third kappa shape index (κ3) is 2.10. The van der Waals surface area contributed by atoms with E-state index in [-0.39, 0.29) is 6.10 Å². The van der Waals surface area contributed by atoms with Crippen LogP contribution in [0.4, 0.5) is 0 Å². The molecule has 0 saturated heterocycles. The van der Waals surface area contributed by atoms with Crippen LogP contribution in [-0.4, -0.2) is 14.4 Å². The molecule has 0 bridgehead atoms. The quantitative estimate of drug-likeness (QED) is 0.675. The van der Waals surface area contributed by atoms with Crippen LogP contribution in [0.2, 0.25) is 0 Å². The minimum absolute atomic E-state index is 0.182. The Kier molecular flexibility index (Phi) is 3.44. The zero-order valence-corrected chi connectivity index (χ0v) is 14.5. The van der Waals surface area contributed by atoms with Gasteiger partial charge in [-0.3, -0.25) is 0 Å². The highest BCUT2D eigenvalue weighted by atomic mass is 28.4. The summed E-state index contributed by atoms with van der Waals surface area (Å²) in [5.74, 6) is 0. The van der Waals surface area contributed by atoms with Gasteiger partial charge in [-0.25, -0.2) is 0 Å². The molecule has 0 fully saturated rings. The predicted octanol–water partition coefficient (Wildman–Crippen LogP) is 3.06. The van der Waals surface area contributed by atoms with Crippen molar-refractivity contribution < 1.29 is 4.43 Å². The van der Waals surface area contributed by atoms with Crippen molar-refractivity contribution in [2.45, 2.75) is 20.0 Å². The van der Waals surface area contributed by atoms with E-state index < -0.39 is 8.32 Å². The van der Waals surface area contributed by atoms with E-state index >= 15 is 0 Å². The summed E-state index contributed by atoms with van der Waals surface area (Å²) in [4.78, 5) is 0. The van der Waals surface area contributed by atoms with Gasteiger partial charge < -0.3 is 4.43 Å². The van der Waals surface area contributed by atoms with E-state index in [1.54, 1.807) is 0 Å². The molecule has 3 aromatic carbocycles. The summed E-state index contributed by atoms with van der Waals surface area (Å²) in [7, 11) is -2.41. The Morgan fingerprint density at radius 2 is 1.13 bits per heavy atom. The van der Waals surface area contributed by atoms with Crippen molar-refractivity contribution >= 4 is 23.9 Å². The Hall–Kier alpha value is -2.16. The van der Waals surface area contributed by atoms with Crippen molar-refractivity contribution in [3.05, 3.63) is 78.9 Å². The minimum atomic E-state index is -2.41. The lowest BCUT2D eigenvalue weighted by Gasteiger charge is -2.32. The number of benzene rings is 3. The lowest BCUT2D eigenvalue weighted by atomic mass is 10.1. The Morgan fingerprint density at radius 1 is 0.652 bits per heavy atom. The molecule has 0 unspecified atom stereocenters. The maximum absolute atomic E-state index is 6.78. The van der Waals surface area contributed by atoms with Crippen LogP contribution in [0.25, 0.3) is 11.1 Å². The summed E-state index contributed by atoms with van der Waals surface area (Å²) < 4.78 is 6.78. The van der Waals surface area contributed by atoms with E-state index in [0.29, 0.717) is 0 Å². The third-order valence-corrected chi connectivity index (χ3v) is 8.86. The lowest BCUT2D eigenvalue weighted by molar-refractivity contribution is 0.245. The van der Waals surface area contributed by atoms with Crippen molar-refractivity contribution in [3.63, 3.8) is 0 Å². The molecule has 23 heavy (non-hydrogen) atoms. The fraction of sp³-hybridized carbons (Fsp3) is 0.143. The van der Waals surface area contributed by atoms with Gasteiger partial charge in [0.05, 0.1) is 0 Å². The summed E-state index contributed by atoms with van der Waals surface area (Å²) in [6.07, 6.45) is 0.182. The minimum Gasteiger partial charge on any atom is -0.402 e. The van der Waals surface area contributed by atoms with Crippen LogP contribution in [0.1, 0.15) is 13.8 Å². The summed E-state index contributed by atoms with van der Waals surface area (Å²) in [5, 5.41) is 4.08. The molecule has 0 atom stereocenters. The van der Waals surface area contributed by atoms with Crippen molar-refractivity contribution in [2.24, 2.45) is 0 Å². The van der Waals surface area contributed by atoms with Gasteiger partial charge in [-0.05, 0) is 40.5 Å². The van der Waals surface area contributed by atoms with Crippen LogP contribution in [0, 0.1) is 0 Å². The SMILES string of the molecule is CC(C)O[Si]1(c2ccccc2)c2ccccc2-c2ccccc21. The second-order valence-corrected chi connectivity index (χ2v) is 9.56. The molecule has 4 rings (SSSR count). The first-order valence-corrected chi connectivity index (χ1v) is 10.1. The molecule has 1 aliphatic heterocycles. The van der Waals surface area contributed by atoms with Gasteiger partial charge in [0.15, 0.2) is 0 Å². The molecular weight excluding hydrogens is 296 g/mol. The maximum atomic E-state index is 6.78. The summed E-state index contributed by atoms with van der Waals surface area (Å²) in [6, 6.07) is 28.3. The Balaban J connectivity index is 2.09. The van der Waals surface area contributed by atoms with Crippen LogP contribution in [0.15, 0.2) is 78.9 Å². The number of fused-ring (bicyclic) bond motifs is 3. The monoisotopic (exact) mass is 316 g/mol. The van der Waals surface area contributed by atoms with Gasteiger partial charge in [-0.15, -0.1) is 0 Å².